The molecule has 0 unspecified atom stereocenters. The summed E-state index contributed by atoms with van der Waals surface area (Å²) in [6.07, 6.45) is 1.78. The van der Waals surface area contributed by atoms with Gasteiger partial charge in [0.25, 0.3) is 5.91 Å². The van der Waals surface area contributed by atoms with Crippen LogP contribution in [0.15, 0.2) is 17.6 Å². The molecule has 0 bridgehead atoms. The molecule has 2 aromatic heterocycles. The molecule has 108 valence electrons. The first kappa shape index (κ1) is 14.6. The van der Waals surface area contributed by atoms with Crippen molar-refractivity contribution in [2.24, 2.45) is 0 Å². The Morgan fingerprint density at radius 1 is 1.40 bits per heavy atom. The Kier molecular flexibility index (Phi) is 4.13. The number of nitrogens with zero attached hydrogens (tertiary/aromatic N) is 2. The molecule has 5 nitrogen and oxygen atoms in total. The van der Waals surface area contributed by atoms with E-state index in [1.165, 1.54) is 11.3 Å². The first-order valence-corrected chi connectivity index (χ1v) is 7.50. The molecule has 6 heteroatoms. The number of hydrogen-bond acceptors (Lipinski definition) is 4. The van der Waals surface area contributed by atoms with Crippen molar-refractivity contribution in [1.82, 2.24) is 9.55 Å². The van der Waals surface area contributed by atoms with Gasteiger partial charge in [0.15, 0.2) is 5.13 Å². The molecule has 2 aromatic rings. The fourth-order valence-electron chi connectivity index (χ4n) is 1.88. The van der Waals surface area contributed by atoms with Gasteiger partial charge < -0.3 is 10.3 Å². The molecule has 2 heterocycles. The van der Waals surface area contributed by atoms with Gasteiger partial charge in [-0.1, -0.05) is 13.8 Å². The van der Waals surface area contributed by atoms with E-state index in [0.717, 1.165) is 5.69 Å². The molecule has 1 amide bonds. The Hall–Kier alpha value is -1.82. The monoisotopic (exact) mass is 292 g/mol. The molecular weight excluding hydrogens is 272 g/mol. The Balaban J connectivity index is 2.19. The summed E-state index contributed by atoms with van der Waals surface area (Å²) < 4.78 is 1.86. The van der Waals surface area contributed by atoms with Crippen LogP contribution in [-0.2, 0) is 0 Å². The Morgan fingerprint density at radius 2 is 2.10 bits per heavy atom. The highest BCUT2D eigenvalue weighted by molar-refractivity contribution is 7.14. The van der Waals surface area contributed by atoms with Crippen molar-refractivity contribution in [3.63, 3.8) is 0 Å². The van der Waals surface area contributed by atoms with Crippen molar-refractivity contribution >= 4 is 28.1 Å². The number of nitrogens with one attached hydrogen (secondary N) is 1. The number of nitrogens with two attached hydrogens (primary N) is 1. The lowest BCUT2D eigenvalue weighted by atomic mass is 10.2. The summed E-state index contributed by atoms with van der Waals surface area (Å²) in [5.41, 5.74) is 7.91. The van der Waals surface area contributed by atoms with Gasteiger partial charge in [-0.05, 0) is 25.8 Å². The van der Waals surface area contributed by atoms with Gasteiger partial charge in [-0.2, -0.15) is 0 Å². The Morgan fingerprint density at radius 3 is 2.65 bits per heavy atom. The first-order valence-electron chi connectivity index (χ1n) is 6.62. The number of amides is 1. The summed E-state index contributed by atoms with van der Waals surface area (Å²) in [5.74, 6) is 0.173. The van der Waals surface area contributed by atoms with Gasteiger partial charge in [0.1, 0.15) is 5.69 Å². The average Bonchev–Trinajstić information content (AvgIpc) is 2.95. The molecule has 0 spiro atoms. The van der Waals surface area contributed by atoms with Crippen LogP contribution in [0.5, 0.6) is 0 Å². The minimum atomic E-state index is -0.181. The molecule has 2 rings (SSSR count). The first-order chi connectivity index (χ1) is 9.38. The van der Waals surface area contributed by atoms with E-state index in [2.05, 4.69) is 24.1 Å². The third-order valence-corrected chi connectivity index (χ3v) is 3.77. The number of carbonyl (C=O) groups excluding carboxylic acids is 1. The van der Waals surface area contributed by atoms with Crippen LogP contribution in [0.3, 0.4) is 0 Å². The van der Waals surface area contributed by atoms with Crippen molar-refractivity contribution in [3.8, 4) is 0 Å². The van der Waals surface area contributed by atoms with Gasteiger partial charge in [-0.3, -0.25) is 10.1 Å². The number of anilines is 2. The van der Waals surface area contributed by atoms with Gasteiger partial charge in [-0.15, -0.1) is 11.3 Å². The summed E-state index contributed by atoms with van der Waals surface area (Å²) in [4.78, 5) is 16.7. The second-order valence-corrected chi connectivity index (χ2v) is 6.20. The van der Waals surface area contributed by atoms with E-state index in [0.29, 0.717) is 22.4 Å². The second-order valence-electron chi connectivity index (χ2n) is 5.35. The van der Waals surface area contributed by atoms with Gasteiger partial charge in [0.05, 0.1) is 11.4 Å². The van der Waals surface area contributed by atoms with Crippen LogP contribution in [0.2, 0.25) is 0 Å². The summed E-state index contributed by atoms with van der Waals surface area (Å²) in [6.45, 7) is 8.17. The molecule has 3 N–H and O–H groups in total. The molecule has 0 saturated heterocycles. The normalized spacial score (nSPS) is 11.3. The number of hydrogen-bond donors (Lipinski definition) is 2. The number of nitrogen functional groups attached to an aromatic ring is 1. The van der Waals surface area contributed by atoms with Crippen LogP contribution in [0.1, 0.15) is 55.8 Å². The highest BCUT2D eigenvalue weighted by Crippen LogP contribution is 2.23. The molecule has 0 saturated carbocycles. The van der Waals surface area contributed by atoms with E-state index in [1.807, 2.05) is 23.8 Å². The second kappa shape index (κ2) is 5.66. The lowest BCUT2D eigenvalue weighted by molar-refractivity contribution is 0.101. The zero-order valence-electron chi connectivity index (χ0n) is 12.2. The van der Waals surface area contributed by atoms with Crippen LogP contribution >= 0.6 is 11.3 Å². The SMILES string of the molecule is CC(C)c1csc(NC(=O)c2cc(N)cn2C(C)C)n1. The maximum atomic E-state index is 12.3. The smallest absolute Gasteiger partial charge is 0.274 e. The van der Waals surface area contributed by atoms with Crippen LogP contribution in [0.4, 0.5) is 10.8 Å². The third-order valence-electron chi connectivity index (χ3n) is 2.99. The van der Waals surface area contributed by atoms with Crippen LogP contribution in [0.25, 0.3) is 0 Å². The highest BCUT2D eigenvalue weighted by atomic mass is 32.1. The molecule has 0 aromatic carbocycles. The number of aromatic nitrogens is 2. The molecular formula is C14H20N4OS. The van der Waals surface area contributed by atoms with E-state index in [9.17, 15) is 4.79 Å². The van der Waals surface area contributed by atoms with Crippen molar-refractivity contribution in [3.05, 3.63) is 29.0 Å². The van der Waals surface area contributed by atoms with Crippen molar-refractivity contribution < 1.29 is 4.79 Å². The van der Waals surface area contributed by atoms with Crippen molar-refractivity contribution in [2.45, 2.75) is 39.7 Å². The van der Waals surface area contributed by atoms with Gasteiger partial charge in [-0.25, -0.2) is 4.98 Å². The minimum absolute atomic E-state index is 0.176. The van der Waals surface area contributed by atoms with Crippen LogP contribution in [-0.4, -0.2) is 15.5 Å². The minimum Gasteiger partial charge on any atom is -0.397 e. The van der Waals surface area contributed by atoms with Crippen LogP contribution in [0, 0.1) is 0 Å². The third kappa shape index (κ3) is 3.01. The molecule has 20 heavy (non-hydrogen) atoms. The summed E-state index contributed by atoms with van der Waals surface area (Å²) in [7, 11) is 0. The maximum absolute atomic E-state index is 12.3. The maximum Gasteiger partial charge on any atom is 0.274 e. The van der Waals surface area contributed by atoms with Crippen LogP contribution < -0.4 is 11.1 Å². The van der Waals surface area contributed by atoms with E-state index in [4.69, 9.17) is 5.73 Å². The number of carbonyl (C=O) groups is 1. The van der Waals surface area contributed by atoms with Gasteiger partial charge >= 0.3 is 0 Å². The summed E-state index contributed by atoms with van der Waals surface area (Å²) >= 11 is 1.44. The molecule has 0 aliphatic rings. The van der Waals surface area contributed by atoms with E-state index in [1.54, 1.807) is 12.3 Å². The average molecular weight is 292 g/mol. The van der Waals surface area contributed by atoms with Gasteiger partial charge in [0, 0.05) is 17.6 Å². The van der Waals surface area contributed by atoms with E-state index >= 15 is 0 Å². The summed E-state index contributed by atoms with van der Waals surface area (Å²) in [5, 5.41) is 5.42. The fraction of sp³-hybridized carbons (Fsp3) is 0.429. The largest absolute Gasteiger partial charge is 0.397 e. The lowest BCUT2D eigenvalue weighted by Gasteiger charge is -2.11. The van der Waals surface area contributed by atoms with E-state index in [-0.39, 0.29) is 11.9 Å². The molecule has 0 radical (unpaired) electrons. The van der Waals surface area contributed by atoms with Crippen molar-refractivity contribution in [1.29, 1.82) is 0 Å². The lowest BCUT2D eigenvalue weighted by Crippen LogP contribution is -2.17. The van der Waals surface area contributed by atoms with Crippen molar-refractivity contribution in [2.75, 3.05) is 11.1 Å². The highest BCUT2D eigenvalue weighted by Gasteiger charge is 2.16. The van der Waals surface area contributed by atoms with E-state index < -0.39 is 0 Å². The number of rotatable bonds is 4. The predicted molar refractivity (Wildman–Crippen MR) is 83.4 cm³/mol. The molecule has 0 atom stereocenters. The fourth-order valence-corrected chi connectivity index (χ4v) is 2.75. The standard InChI is InChI=1S/C14H20N4OS/c1-8(2)11-7-20-14(16-11)17-13(19)12-5-10(15)6-18(12)9(3)4/h5-9H,15H2,1-4H3,(H,16,17,19). The number of thiazole rings is 1. The zero-order valence-corrected chi connectivity index (χ0v) is 13.0. The zero-order chi connectivity index (χ0) is 14.9. The Labute approximate surface area is 122 Å². The Bertz CT molecular complexity index is 612. The molecule has 0 aliphatic carbocycles. The van der Waals surface area contributed by atoms with Gasteiger partial charge in [0.2, 0.25) is 0 Å². The topological polar surface area (TPSA) is 72.9 Å². The predicted octanol–water partition coefficient (Wildman–Crippen LogP) is 3.48. The quantitative estimate of drug-likeness (QED) is 0.906. The molecule has 0 fully saturated rings. The summed E-state index contributed by atoms with van der Waals surface area (Å²) in [6, 6.07) is 1.86. The molecule has 0 aliphatic heterocycles.